The number of aryl methyl sites for hydroxylation is 1. The van der Waals surface area contributed by atoms with Crippen LogP contribution in [0.1, 0.15) is 79.3 Å². The number of aromatic carboxylic acids is 1. The van der Waals surface area contributed by atoms with E-state index in [1.54, 1.807) is 6.92 Å². The Morgan fingerprint density at radius 2 is 2.05 bits per heavy atom. The lowest BCUT2D eigenvalue weighted by Crippen LogP contribution is -2.28. The fourth-order valence-electron chi connectivity index (χ4n) is 2.37. The van der Waals surface area contributed by atoms with Crippen molar-refractivity contribution in [2.75, 3.05) is 0 Å². The van der Waals surface area contributed by atoms with Gasteiger partial charge in [0.1, 0.15) is 9.88 Å². The minimum absolute atomic E-state index is 0.0141. The number of aromatic nitrogens is 1. The normalized spacial score (nSPS) is 13.6. The summed E-state index contributed by atoms with van der Waals surface area (Å²) in [7, 11) is 0. The van der Waals surface area contributed by atoms with Gasteiger partial charge in [0.25, 0.3) is 0 Å². The molecule has 0 aliphatic rings. The van der Waals surface area contributed by atoms with Gasteiger partial charge in [0.05, 0.1) is 11.7 Å². The standard InChI is InChI=1S/C16H26N2O3S/c1-5-7-8-12(6-2)9-13(19)17-11(4)15-18-10(3)14(22-15)16(20)21/h11-12H,5-9H2,1-4H3,(H,17,19)(H,20,21). The SMILES string of the molecule is CCCCC(CC)CC(=O)NC(C)c1nc(C)c(C(=O)O)s1. The van der Waals surface area contributed by atoms with Gasteiger partial charge < -0.3 is 10.4 Å². The molecule has 22 heavy (non-hydrogen) atoms. The number of hydrogen-bond donors (Lipinski definition) is 2. The molecule has 2 atom stereocenters. The number of nitrogens with zero attached hydrogens (tertiary/aromatic N) is 1. The molecular weight excluding hydrogens is 300 g/mol. The van der Waals surface area contributed by atoms with Crippen molar-refractivity contribution in [3.8, 4) is 0 Å². The highest BCUT2D eigenvalue weighted by molar-refractivity contribution is 7.13. The fraction of sp³-hybridized carbons (Fsp3) is 0.688. The summed E-state index contributed by atoms with van der Waals surface area (Å²) in [6, 6.07) is -0.256. The molecule has 1 amide bonds. The number of amides is 1. The first-order valence-electron chi connectivity index (χ1n) is 7.88. The van der Waals surface area contributed by atoms with E-state index in [1.165, 1.54) is 0 Å². The summed E-state index contributed by atoms with van der Waals surface area (Å²) in [6.07, 6.45) is 4.90. The van der Waals surface area contributed by atoms with E-state index in [1.807, 2.05) is 6.92 Å². The van der Waals surface area contributed by atoms with Gasteiger partial charge in [0.15, 0.2) is 0 Å². The largest absolute Gasteiger partial charge is 0.477 e. The van der Waals surface area contributed by atoms with Crippen molar-refractivity contribution < 1.29 is 14.7 Å². The van der Waals surface area contributed by atoms with Gasteiger partial charge in [-0.05, 0) is 26.2 Å². The Bertz CT molecular complexity index is 513. The predicted octanol–water partition coefficient (Wildman–Crippen LogP) is 3.93. The second-order valence-electron chi connectivity index (χ2n) is 5.68. The van der Waals surface area contributed by atoms with Crippen LogP contribution in [0.5, 0.6) is 0 Å². The smallest absolute Gasteiger partial charge is 0.347 e. The number of rotatable bonds is 9. The Morgan fingerprint density at radius 3 is 2.55 bits per heavy atom. The molecule has 0 aromatic carbocycles. The van der Waals surface area contributed by atoms with Crippen molar-refractivity contribution in [2.45, 2.75) is 65.8 Å². The van der Waals surface area contributed by atoms with Crippen molar-refractivity contribution in [3.05, 3.63) is 15.6 Å². The zero-order valence-electron chi connectivity index (χ0n) is 13.8. The van der Waals surface area contributed by atoms with Crippen LogP contribution in [0, 0.1) is 12.8 Å². The summed E-state index contributed by atoms with van der Waals surface area (Å²) in [5, 5.41) is 12.6. The zero-order valence-corrected chi connectivity index (χ0v) is 14.6. The first-order chi connectivity index (χ1) is 10.4. The first-order valence-corrected chi connectivity index (χ1v) is 8.70. The summed E-state index contributed by atoms with van der Waals surface area (Å²) in [6.45, 7) is 7.78. The number of thiazole rings is 1. The van der Waals surface area contributed by atoms with Crippen LogP contribution < -0.4 is 5.32 Å². The van der Waals surface area contributed by atoms with Gasteiger partial charge in [-0.3, -0.25) is 4.79 Å². The van der Waals surface area contributed by atoms with Crippen LogP contribution in [0.4, 0.5) is 0 Å². The highest BCUT2D eigenvalue weighted by Gasteiger charge is 2.20. The molecule has 0 aliphatic heterocycles. The van der Waals surface area contributed by atoms with Gasteiger partial charge in [0, 0.05) is 6.42 Å². The lowest BCUT2D eigenvalue weighted by atomic mass is 9.95. The molecule has 0 saturated heterocycles. The van der Waals surface area contributed by atoms with Gasteiger partial charge in [-0.25, -0.2) is 9.78 Å². The molecular formula is C16H26N2O3S. The molecule has 2 N–H and O–H groups in total. The molecule has 124 valence electrons. The van der Waals surface area contributed by atoms with Crippen molar-refractivity contribution in [2.24, 2.45) is 5.92 Å². The summed E-state index contributed by atoms with van der Waals surface area (Å²) >= 11 is 1.13. The van der Waals surface area contributed by atoms with Crippen LogP contribution in [-0.4, -0.2) is 22.0 Å². The molecule has 0 bridgehead atoms. The van der Waals surface area contributed by atoms with Gasteiger partial charge in [-0.15, -0.1) is 11.3 Å². The summed E-state index contributed by atoms with van der Waals surface area (Å²) in [4.78, 5) is 27.7. The maximum atomic E-state index is 12.1. The van der Waals surface area contributed by atoms with Crippen LogP contribution >= 0.6 is 11.3 Å². The summed E-state index contributed by atoms with van der Waals surface area (Å²) in [5.74, 6) is -0.537. The number of nitrogens with one attached hydrogen (secondary N) is 1. The quantitative estimate of drug-likeness (QED) is 0.720. The molecule has 0 aliphatic carbocycles. The minimum Gasteiger partial charge on any atom is -0.477 e. The van der Waals surface area contributed by atoms with E-state index in [-0.39, 0.29) is 16.8 Å². The van der Waals surface area contributed by atoms with Crippen LogP contribution in [0.25, 0.3) is 0 Å². The molecule has 0 saturated carbocycles. The van der Waals surface area contributed by atoms with Crippen LogP contribution in [0.15, 0.2) is 0 Å². The molecule has 0 fully saturated rings. The van der Waals surface area contributed by atoms with E-state index in [4.69, 9.17) is 5.11 Å². The lowest BCUT2D eigenvalue weighted by molar-refractivity contribution is -0.122. The summed E-state index contributed by atoms with van der Waals surface area (Å²) in [5.41, 5.74) is 0.503. The van der Waals surface area contributed by atoms with Crippen molar-refractivity contribution in [1.82, 2.24) is 10.3 Å². The first kappa shape index (κ1) is 18.6. The number of unbranched alkanes of at least 4 members (excludes halogenated alkanes) is 1. The van der Waals surface area contributed by atoms with E-state index in [9.17, 15) is 9.59 Å². The van der Waals surface area contributed by atoms with E-state index < -0.39 is 5.97 Å². The van der Waals surface area contributed by atoms with E-state index >= 15 is 0 Å². The van der Waals surface area contributed by atoms with Crippen LogP contribution in [0.2, 0.25) is 0 Å². The molecule has 5 nitrogen and oxygen atoms in total. The number of carbonyl (C=O) groups excluding carboxylic acids is 1. The average molecular weight is 326 g/mol. The van der Waals surface area contributed by atoms with Gasteiger partial charge in [0.2, 0.25) is 5.91 Å². The van der Waals surface area contributed by atoms with E-state index in [0.717, 1.165) is 37.0 Å². The molecule has 6 heteroatoms. The van der Waals surface area contributed by atoms with E-state index in [0.29, 0.717) is 23.0 Å². The molecule has 1 aromatic rings. The molecule has 0 spiro atoms. The predicted molar refractivity (Wildman–Crippen MR) is 88.3 cm³/mol. The average Bonchev–Trinajstić information content (AvgIpc) is 2.85. The van der Waals surface area contributed by atoms with Gasteiger partial charge in [-0.2, -0.15) is 0 Å². The minimum atomic E-state index is -0.967. The second kappa shape index (κ2) is 8.88. The Hall–Kier alpha value is -1.43. The Morgan fingerprint density at radius 1 is 1.36 bits per heavy atom. The topological polar surface area (TPSA) is 79.3 Å². The Kier molecular flexibility index (Phi) is 7.51. The Labute approximate surface area is 136 Å². The second-order valence-corrected chi connectivity index (χ2v) is 6.71. The third-order valence-electron chi connectivity index (χ3n) is 3.77. The number of hydrogen-bond acceptors (Lipinski definition) is 4. The van der Waals surface area contributed by atoms with E-state index in [2.05, 4.69) is 24.1 Å². The highest BCUT2D eigenvalue weighted by Crippen LogP contribution is 2.24. The molecule has 1 heterocycles. The summed E-state index contributed by atoms with van der Waals surface area (Å²) < 4.78 is 0. The lowest BCUT2D eigenvalue weighted by Gasteiger charge is -2.16. The van der Waals surface area contributed by atoms with Crippen molar-refractivity contribution in [3.63, 3.8) is 0 Å². The number of carboxylic acids is 1. The van der Waals surface area contributed by atoms with Gasteiger partial charge in [-0.1, -0.05) is 33.1 Å². The van der Waals surface area contributed by atoms with Gasteiger partial charge >= 0.3 is 5.97 Å². The fourth-order valence-corrected chi connectivity index (χ4v) is 3.28. The third-order valence-corrected chi connectivity index (χ3v) is 5.10. The maximum Gasteiger partial charge on any atom is 0.347 e. The number of carboxylic acid groups (broad SMARTS) is 1. The van der Waals surface area contributed by atoms with Crippen molar-refractivity contribution >= 4 is 23.2 Å². The maximum absolute atomic E-state index is 12.1. The Balaban J connectivity index is 2.60. The third kappa shape index (κ3) is 5.40. The van der Waals surface area contributed by atoms with Crippen LogP contribution in [-0.2, 0) is 4.79 Å². The highest BCUT2D eigenvalue weighted by atomic mass is 32.1. The molecule has 0 radical (unpaired) electrons. The number of carbonyl (C=O) groups is 2. The zero-order chi connectivity index (χ0) is 16.7. The molecule has 1 rings (SSSR count). The van der Waals surface area contributed by atoms with Crippen LogP contribution in [0.3, 0.4) is 0 Å². The molecule has 2 unspecified atom stereocenters. The van der Waals surface area contributed by atoms with Crippen molar-refractivity contribution in [1.29, 1.82) is 0 Å². The molecule has 1 aromatic heterocycles. The monoisotopic (exact) mass is 326 g/mol.